The Bertz CT molecular complexity index is 568. The number of nitrogens with one attached hydrogen (secondary N) is 2. The number of amides is 1. The molecule has 0 aliphatic rings. The van der Waals surface area contributed by atoms with Crippen LogP contribution in [0.5, 0.6) is 0 Å². The molecule has 1 amide bonds. The molecule has 0 atom stereocenters. The van der Waals surface area contributed by atoms with Gasteiger partial charge in [-0.1, -0.05) is 19.9 Å². The topological polar surface area (TPSA) is 79.8 Å². The maximum atomic E-state index is 12.0. The summed E-state index contributed by atoms with van der Waals surface area (Å²) in [6.07, 6.45) is 4.73. The van der Waals surface area contributed by atoms with Gasteiger partial charge in [0.2, 0.25) is 5.95 Å². The van der Waals surface area contributed by atoms with E-state index in [-0.39, 0.29) is 5.91 Å². The number of anilines is 1. The Balaban J connectivity index is 1.88. The van der Waals surface area contributed by atoms with Crippen molar-refractivity contribution in [2.45, 2.75) is 20.4 Å². The number of carbonyl (C=O) groups excluding carboxylic acids is 1. The quantitative estimate of drug-likeness (QED) is 0.847. The van der Waals surface area contributed by atoms with Crippen molar-refractivity contribution in [1.29, 1.82) is 0 Å². The molecule has 2 heterocycles. The van der Waals surface area contributed by atoms with Crippen molar-refractivity contribution in [1.82, 2.24) is 20.3 Å². The third-order valence-corrected chi connectivity index (χ3v) is 2.74. The molecule has 2 rings (SSSR count). The summed E-state index contributed by atoms with van der Waals surface area (Å²) in [7, 11) is 0. The van der Waals surface area contributed by atoms with E-state index in [9.17, 15) is 4.79 Å². The highest BCUT2D eigenvalue weighted by molar-refractivity contribution is 5.93. The molecule has 0 saturated carbocycles. The zero-order valence-electron chi connectivity index (χ0n) is 12.2. The average Bonchev–Trinajstić information content (AvgIpc) is 2.52. The Hall–Kier alpha value is -2.50. The van der Waals surface area contributed by atoms with Gasteiger partial charge >= 0.3 is 0 Å². The second-order valence-electron chi connectivity index (χ2n) is 5.07. The van der Waals surface area contributed by atoms with Gasteiger partial charge in [0, 0.05) is 25.1 Å². The molecule has 0 aliphatic carbocycles. The van der Waals surface area contributed by atoms with Crippen LogP contribution in [-0.2, 0) is 6.54 Å². The van der Waals surface area contributed by atoms with Crippen molar-refractivity contribution in [2.75, 3.05) is 11.9 Å². The molecule has 0 spiro atoms. The van der Waals surface area contributed by atoms with E-state index in [1.807, 2.05) is 18.2 Å². The minimum atomic E-state index is -0.212. The van der Waals surface area contributed by atoms with Crippen LogP contribution in [0.1, 0.15) is 29.9 Å². The van der Waals surface area contributed by atoms with Gasteiger partial charge < -0.3 is 10.6 Å². The maximum absolute atomic E-state index is 12.0. The zero-order chi connectivity index (χ0) is 15.1. The van der Waals surface area contributed by atoms with Crippen LogP contribution in [0.4, 0.5) is 5.95 Å². The second kappa shape index (κ2) is 7.33. The van der Waals surface area contributed by atoms with E-state index in [0.717, 1.165) is 12.2 Å². The van der Waals surface area contributed by atoms with Gasteiger partial charge in [0.1, 0.15) is 0 Å². The first kappa shape index (κ1) is 14.9. The minimum Gasteiger partial charge on any atom is -0.354 e. The van der Waals surface area contributed by atoms with Crippen LogP contribution in [0, 0.1) is 5.92 Å². The number of pyridine rings is 1. The van der Waals surface area contributed by atoms with Gasteiger partial charge in [-0.05, 0) is 18.1 Å². The Morgan fingerprint density at radius 3 is 2.57 bits per heavy atom. The summed E-state index contributed by atoms with van der Waals surface area (Å²) in [4.78, 5) is 24.4. The Kier molecular flexibility index (Phi) is 5.20. The van der Waals surface area contributed by atoms with Gasteiger partial charge in [0.25, 0.3) is 5.91 Å². The first-order chi connectivity index (χ1) is 10.1. The second-order valence-corrected chi connectivity index (χ2v) is 5.07. The maximum Gasteiger partial charge on any atom is 0.254 e. The standard InChI is InChI=1S/C15H19N5O/c1-11(2)7-18-15-19-8-12(9-20-15)14(21)17-10-13-5-3-4-6-16-13/h3-6,8-9,11H,7,10H2,1-2H3,(H,17,21)(H,18,19,20). The molecule has 2 N–H and O–H groups in total. The number of aromatic nitrogens is 3. The van der Waals surface area contributed by atoms with Gasteiger partial charge in [-0.3, -0.25) is 9.78 Å². The first-order valence-electron chi connectivity index (χ1n) is 6.89. The smallest absolute Gasteiger partial charge is 0.254 e. The van der Waals surface area contributed by atoms with E-state index in [1.165, 1.54) is 12.4 Å². The van der Waals surface area contributed by atoms with Crippen LogP contribution >= 0.6 is 0 Å². The highest BCUT2D eigenvalue weighted by atomic mass is 16.1. The summed E-state index contributed by atoms with van der Waals surface area (Å²) >= 11 is 0. The molecule has 21 heavy (non-hydrogen) atoms. The largest absolute Gasteiger partial charge is 0.354 e. The predicted molar refractivity (Wildman–Crippen MR) is 80.8 cm³/mol. The van der Waals surface area contributed by atoms with Crippen LogP contribution in [0.2, 0.25) is 0 Å². The summed E-state index contributed by atoms with van der Waals surface area (Å²) in [5, 5.41) is 5.89. The number of carbonyl (C=O) groups is 1. The number of hydrogen-bond acceptors (Lipinski definition) is 5. The van der Waals surface area contributed by atoms with Gasteiger partial charge in [-0.15, -0.1) is 0 Å². The minimum absolute atomic E-state index is 0.212. The number of hydrogen-bond donors (Lipinski definition) is 2. The molecule has 0 bridgehead atoms. The van der Waals surface area contributed by atoms with Gasteiger partial charge in [-0.2, -0.15) is 0 Å². The van der Waals surface area contributed by atoms with E-state index >= 15 is 0 Å². The highest BCUT2D eigenvalue weighted by Gasteiger charge is 2.07. The van der Waals surface area contributed by atoms with Crippen LogP contribution in [-0.4, -0.2) is 27.4 Å². The van der Waals surface area contributed by atoms with E-state index in [1.54, 1.807) is 6.20 Å². The van der Waals surface area contributed by atoms with E-state index in [4.69, 9.17) is 0 Å². The fourth-order valence-corrected chi connectivity index (χ4v) is 1.61. The van der Waals surface area contributed by atoms with Crippen LogP contribution < -0.4 is 10.6 Å². The monoisotopic (exact) mass is 285 g/mol. The van der Waals surface area contributed by atoms with Crippen molar-refractivity contribution in [2.24, 2.45) is 5.92 Å². The highest BCUT2D eigenvalue weighted by Crippen LogP contribution is 2.02. The molecule has 110 valence electrons. The third-order valence-electron chi connectivity index (χ3n) is 2.74. The lowest BCUT2D eigenvalue weighted by Crippen LogP contribution is -2.23. The normalized spacial score (nSPS) is 10.4. The van der Waals surface area contributed by atoms with Gasteiger partial charge in [-0.25, -0.2) is 9.97 Å². The Labute approximate surface area is 124 Å². The van der Waals surface area contributed by atoms with Crippen molar-refractivity contribution in [3.63, 3.8) is 0 Å². The molecule has 0 aromatic carbocycles. The van der Waals surface area contributed by atoms with Gasteiger partial charge in [0.05, 0.1) is 17.8 Å². The van der Waals surface area contributed by atoms with Crippen molar-refractivity contribution >= 4 is 11.9 Å². The molecule has 2 aromatic rings. The van der Waals surface area contributed by atoms with Gasteiger partial charge in [0.15, 0.2) is 0 Å². The molecule has 0 radical (unpaired) electrons. The summed E-state index contributed by atoms with van der Waals surface area (Å²) in [6.45, 7) is 5.39. The molecule has 6 nitrogen and oxygen atoms in total. The molecule has 0 fully saturated rings. The summed E-state index contributed by atoms with van der Waals surface area (Å²) in [5.41, 5.74) is 1.24. The number of rotatable bonds is 6. The van der Waals surface area contributed by atoms with Crippen molar-refractivity contribution < 1.29 is 4.79 Å². The molecule has 6 heteroatoms. The SMILES string of the molecule is CC(C)CNc1ncc(C(=O)NCc2ccccn2)cn1. The third kappa shape index (κ3) is 4.83. The molecule has 0 unspecified atom stereocenters. The lowest BCUT2D eigenvalue weighted by atomic mass is 10.2. The summed E-state index contributed by atoms with van der Waals surface area (Å²) < 4.78 is 0. The zero-order valence-corrected chi connectivity index (χ0v) is 12.2. The van der Waals surface area contributed by atoms with E-state index in [2.05, 4.69) is 39.4 Å². The lowest BCUT2D eigenvalue weighted by molar-refractivity contribution is 0.0949. The Morgan fingerprint density at radius 1 is 1.19 bits per heavy atom. The number of nitrogens with zero attached hydrogens (tertiary/aromatic N) is 3. The molecule has 0 aliphatic heterocycles. The van der Waals surface area contributed by atoms with E-state index < -0.39 is 0 Å². The molecular formula is C15H19N5O. The van der Waals surface area contributed by atoms with Crippen LogP contribution in [0.3, 0.4) is 0 Å². The van der Waals surface area contributed by atoms with Crippen LogP contribution in [0.25, 0.3) is 0 Å². The van der Waals surface area contributed by atoms with Crippen molar-refractivity contribution in [3.05, 3.63) is 48.0 Å². The average molecular weight is 285 g/mol. The Morgan fingerprint density at radius 2 is 1.95 bits per heavy atom. The van der Waals surface area contributed by atoms with Crippen molar-refractivity contribution in [3.8, 4) is 0 Å². The molecular weight excluding hydrogens is 266 g/mol. The fraction of sp³-hybridized carbons (Fsp3) is 0.333. The molecule has 0 saturated heterocycles. The first-order valence-corrected chi connectivity index (χ1v) is 6.89. The fourth-order valence-electron chi connectivity index (χ4n) is 1.61. The van der Waals surface area contributed by atoms with E-state index in [0.29, 0.717) is 24.0 Å². The molecule has 2 aromatic heterocycles. The van der Waals surface area contributed by atoms with Crippen LogP contribution in [0.15, 0.2) is 36.8 Å². The lowest BCUT2D eigenvalue weighted by Gasteiger charge is -2.08. The summed E-state index contributed by atoms with van der Waals surface area (Å²) in [6, 6.07) is 5.57. The summed E-state index contributed by atoms with van der Waals surface area (Å²) in [5.74, 6) is 0.830. The predicted octanol–water partition coefficient (Wildman–Crippen LogP) is 1.87.